The fraction of sp³-hybridized carbons (Fsp3) is 0.632. The summed E-state index contributed by atoms with van der Waals surface area (Å²) in [7, 11) is 5.24. The number of nitrogens with one attached hydrogen (secondary N) is 1. The molecule has 0 aliphatic carbocycles. The van der Waals surface area contributed by atoms with Crippen molar-refractivity contribution in [2.75, 3.05) is 47.4 Å². The maximum atomic E-state index is 12.7. The van der Waals surface area contributed by atoms with Crippen LogP contribution in [0.15, 0.2) is 18.2 Å². The van der Waals surface area contributed by atoms with Crippen LogP contribution in [0.25, 0.3) is 0 Å². The minimum atomic E-state index is 0. The number of piperidine rings is 1. The van der Waals surface area contributed by atoms with Crippen molar-refractivity contribution in [2.24, 2.45) is 0 Å². The molecule has 0 bridgehead atoms. The Balaban J connectivity index is 0.00000338. The summed E-state index contributed by atoms with van der Waals surface area (Å²) in [6.45, 7) is 5.72. The lowest BCUT2D eigenvalue weighted by Gasteiger charge is -2.33. The van der Waals surface area contributed by atoms with Crippen LogP contribution in [0.2, 0.25) is 0 Å². The van der Waals surface area contributed by atoms with E-state index in [-0.39, 0.29) is 18.3 Å². The average molecular weight is 386 g/mol. The summed E-state index contributed by atoms with van der Waals surface area (Å²) >= 11 is 0. The second-order valence-electron chi connectivity index (χ2n) is 6.46. The van der Waals surface area contributed by atoms with E-state index in [1.807, 2.05) is 37.1 Å². The van der Waals surface area contributed by atoms with E-state index >= 15 is 0 Å². The number of methoxy groups -OCH3 is 2. The highest BCUT2D eigenvalue weighted by atomic mass is 35.5. The van der Waals surface area contributed by atoms with Crippen LogP contribution in [0.1, 0.15) is 25.3 Å². The van der Waals surface area contributed by atoms with Crippen LogP contribution in [0.3, 0.4) is 0 Å². The predicted molar refractivity (Wildman–Crippen MR) is 106 cm³/mol. The molecule has 2 rings (SSSR count). The zero-order chi connectivity index (χ0) is 18.2. The number of likely N-dealkylation sites (N-methyl/N-ethyl adjacent to an activating group) is 2. The van der Waals surface area contributed by atoms with Crippen LogP contribution >= 0.6 is 12.4 Å². The van der Waals surface area contributed by atoms with Gasteiger partial charge in [-0.25, -0.2) is 0 Å². The lowest BCUT2D eigenvalue weighted by molar-refractivity contribution is -0.133. The Morgan fingerprint density at radius 3 is 2.65 bits per heavy atom. The van der Waals surface area contributed by atoms with Crippen LogP contribution < -0.4 is 14.8 Å². The smallest absolute Gasteiger partial charge is 0.237 e. The van der Waals surface area contributed by atoms with E-state index in [0.29, 0.717) is 37.2 Å². The van der Waals surface area contributed by atoms with Gasteiger partial charge in [0.05, 0.1) is 20.8 Å². The molecule has 26 heavy (non-hydrogen) atoms. The lowest BCUT2D eigenvalue weighted by atomic mass is 10.1. The third kappa shape index (κ3) is 6.04. The first-order valence-corrected chi connectivity index (χ1v) is 8.99. The summed E-state index contributed by atoms with van der Waals surface area (Å²) in [4.78, 5) is 16.9. The summed E-state index contributed by atoms with van der Waals surface area (Å²) in [5.74, 6) is 1.57. The van der Waals surface area contributed by atoms with Crippen LogP contribution in [0, 0.1) is 0 Å². The maximum absolute atomic E-state index is 12.7. The largest absolute Gasteiger partial charge is 0.493 e. The van der Waals surface area contributed by atoms with Gasteiger partial charge in [-0.3, -0.25) is 9.69 Å². The highest BCUT2D eigenvalue weighted by Crippen LogP contribution is 2.28. The molecule has 1 unspecified atom stereocenters. The van der Waals surface area contributed by atoms with Crippen molar-refractivity contribution in [1.29, 1.82) is 0 Å². The van der Waals surface area contributed by atoms with Gasteiger partial charge in [-0.1, -0.05) is 6.07 Å². The maximum Gasteiger partial charge on any atom is 0.237 e. The van der Waals surface area contributed by atoms with Crippen molar-refractivity contribution in [1.82, 2.24) is 15.1 Å². The minimum Gasteiger partial charge on any atom is -0.493 e. The fourth-order valence-corrected chi connectivity index (χ4v) is 3.30. The van der Waals surface area contributed by atoms with Gasteiger partial charge in [-0.05, 0) is 51.1 Å². The summed E-state index contributed by atoms with van der Waals surface area (Å²) < 4.78 is 10.6. The molecule has 1 amide bonds. The van der Waals surface area contributed by atoms with Crippen LogP contribution in [-0.2, 0) is 11.3 Å². The number of carbonyl (C=O) groups excluding carboxylic acids is 1. The molecule has 1 fully saturated rings. The Hall–Kier alpha value is -1.50. The molecule has 1 heterocycles. The van der Waals surface area contributed by atoms with E-state index in [4.69, 9.17) is 9.47 Å². The Kier molecular flexibility index (Phi) is 9.76. The number of ether oxygens (including phenoxy) is 2. The molecule has 1 aliphatic rings. The number of rotatable bonds is 8. The number of benzene rings is 1. The van der Waals surface area contributed by atoms with E-state index in [9.17, 15) is 4.79 Å². The molecule has 7 heteroatoms. The topological polar surface area (TPSA) is 54.0 Å². The van der Waals surface area contributed by atoms with E-state index in [2.05, 4.69) is 10.2 Å². The molecule has 1 aromatic carbocycles. The molecular weight excluding hydrogens is 354 g/mol. The molecule has 0 aromatic heterocycles. The molecular formula is C19H32ClN3O3. The first-order chi connectivity index (χ1) is 12.1. The Bertz CT molecular complexity index is 571. The molecule has 148 valence electrons. The van der Waals surface area contributed by atoms with Crippen molar-refractivity contribution < 1.29 is 14.3 Å². The van der Waals surface area contributed by atoms with Gasteiger partial charge in [0.25, 0.3) is 0 Å². The Labute approximate surface area is 163 Å². The van der Waals surface area contributed by atoms with E-state index < -0.39 is 0 Å². The first-order valence-electron chi connectivity index (χ1n) is 8.99. The highest BCUT2D eigenvalue weighted by Gasteiger charge is 2.22. The third-order valence-electron chi connectivity index (χ3n) is 4.83. The Morgan fingerprint density at radius 1 is 1.31 bits per heavy atom. The zero-order valence-corrected chi connectivity index (χ0v) is 17.1. The van der Waals surface area contributed by atoms with E-state index in [1.165, 1.54) is 6.42 Å². The minimum absolute atomic E-state index is 0. The number of hydrogen-bond acceptors (Lipinski definition) is 5. The SMILES string of the molecule is CCN(Cc1ccc(OC)c(OC)c1)C(=O)CN1CCCC(NC)C1.Cl. The number of carbonyl (C=O) groups is 1. The van der Waals surface area contributed by atoms with Crippen LogP contribution in [0.4, 0.5) is 0 Å². The van der Waals surface area contributed by atoms with Gasteiger partial charge in [0.15, 0.2) is 11.5 Å². The summed E-state index contributed by atoms with van der Waals surface area (Å²) in [5.41, 5.74) is 1.04. The number of halogens is 1. The molecule has 1 aliphatic heterocycles. The first kappa shape index (κ1) is 22.5. The molecule has 1 saturated heterocycles. The van der Waals surface area contributed by atoms with Crippen molar-refractivity contribution in [3.8, 4) is 11.5 Å². The normalized spacial score (nSPS) is 17.3. The average Bonchev–Trinajstić information content (AvgIpc) is 2.65. The number of nitrogens with zero attached hydrogens (tertiary/aromatic N) is 2. The van der Waals surface area contributed by atoms with Crippen molar-refractivity contribution in [2.45, 2.75) is 32.4 Å². The molecule has 6 nitrogen and oxygen atoms in total. The van der Waals surface area contributed by atoms with Gasteiger partial charge in [-0.15, -0.1) is 12.4 Å². The quantitative estimate of drug-likeness (QED) is 0.743. The molecule has 1 N–H and O–H groups in total. The molecule has 1 aromatic rings. The van der Waals surface area contributed by atoms with Crippen molar-refractivity contribution >= 4 is 18.3 Å². The molecule has 0 saturated carbocycles. The number of amides is 1. The van der Waals surface area contributed by atoms with Gasteiger partial charge >= 0.3 is 0 Å². The Morgan fingerprint density at radius 2 is 2.04 bits per heavy atom. The number of likely N-dealkylation sites (tertiary alicyclic amines) is 1. The lowest BCUT2D eigenvalue weighted by Crippen LogP contribution is -2.48. The van der Waals surface area contributed by atoms with Gasteiger partial charge < -0.3 is 19.7 Å². The van der Waals surface area contributed by atoms with Gasteiger partial charge in [0.1, 0.15) is 0 Å². The predicted octanol–water partition coefficient (Wildman–Crippen LogP) is 2.16. The molecule has 1 atom stereocenters. The molecule has 0 radical (unpaired) electrons. The van der Waals surface area contributed by atoms with Crippen LogP contribution in [0.5, 0.6) is 11.5 Å². The van der Waals surface area contributed by atoms with Gasteiger partial charge in [0.2, 0.25) is 5.91 Å². The second kappa shape index (κ2) is 11.3. The number of hydrogen-bond donors (Lipinski definition) is 1. The van der Waals surface area contributed by atoms with Gasteiger partial charge in [-0.2, -0.15) is 0 Å². The summed E-state index contributed by atoms with van der Waals surface area (Å²) in [6, 6.07) is 6.29. The summed E-state index contributed by atoms with van der Waals surface area (Å²) in [5, 5.41) is 3.32. The van der Waals surface area contributed by atoms with E-state index in [1.54, 1.807) is 14.2 Å². The standard InChI is InChI=1S/C19H31N3O3.ClH/c1-5-22(12-15-8-9-17(24-3)18(11-15)25-4)19(23)14-21-10-6-7-16(13-21)20-2;/h8-9,11,16,20H,5-7,10,12-14H2,1-4H3;1H. The van der Waals surface area contributed by atoms with Crippen molar-refractivity contribution in [3.63, 3.8) is 0 Å². The summed E-state index contributed by atoms with van der Waals surface area (Å²) in [6.07, 6.45) is 2.32. The monoisotopic (exact) mass is 385 g/mol. The van der Waals surface area contributed by atoms with Crippen LogP contribution in [-0.4, -0.2) is 69.2 Å². The van der Waals surface area contributed by atoms with E-state index in [0.717, 1.165) is 25.1 Å². The van der Waals surface area contributed by atoms with Crippen molar-refractivity contribution in [3.05, 3.63) is 23.8 Å². The molecule has 0 spiro atoms. The fourth-order valence-electron chi connectivity index (χ4n) is 3.30. The third-order valence-corrected chi connectivity index (χ3v) is 4.83. The highest BCUT2D eigenvalue weighted by molar-refractivity contribution is 5.85. The second-order valence-corrected chi connectivity index (χ2v) is 6.46. The van der Waals surface area contributed by atoms with Gasteiger partial charge in [0, 0.05) is 25.7 Å². The zero-order valence-electron chi connectivity index (χ0n) is 16.3.